The zero-order chi connectivity index (χ0) is 25.7. The lowest BCUT2D eigenvalue weighted by molar-refractivity contribution is 0.0944. The van der Waals surface area contributed by atoms with E-state index in [1.54, 1.807) is 11.6 Å². The highest BCUT2D eigenvalue weighted by molar-refractivity contribution is 7.11. The first-order valence-corrected chi connectivity index (χ1v) is 12.5. The van der Waals surface area contributed by atoms with Crippen molar-refractivity contribution in [1.82, 2.24) is 10.3 Å². The summed E-state index contributed by atoms with van der Waals surface area (Å²) in [4.78, 5) is 33.7. The number of halogens is 4. The second-order valence-electron chi connectivity index (χ2n) is 8.48. The number of nitrogens with one attached hydrogen (secondary N) is 2. The zero-order valence-electron chi connectivity index (χ0n) is 18.9. The molecule has 6 nitrogen and oxygen atoms in total. The molecule has 1 saturated carbocycles. The average molecular weight is 535 g/mol. The average Bonchev–Trinajstić information content (AvgIpc) is 3.36. The Bertz CT molecular complexity index is 1260. The summed E-state index contributed by atoms with van der Waals surface area (Å²) in [6.07, 6.45) is 4.91. The van der Waals surface area contributed by atoms with Gasteiger partial charge >= 0.3 is 0 Å². The Kier molecular flexibility index (Phi) is 8.37. The highest BCUT2D eigenvalue weighted by Gasteiger charge is 2.25. The van der Waals surface area contributed by atoms with Gasteiger partial charge < -0.3 is 5.32 Å². The Hall–Kier alpha value is -3.24. The number of amides is 1. The maximum absolute atomic E-state index is 13.8. The molecule has 1 aliphatic rings. The third kappa shape index (κ3) is 6.92. The Morgan fingerprint density at radius 2 is 1.83 bits per heavy atom. The van der Waals surface area contributed by atoms with Gasteiger partial charge in [-0.05, 0) is 68.0 Å². The van der Waals surface area contributed by atoms with Crippen molar-refractivity contribution in [2.24, 2.45) is 10.9 Å². The smallest absolute Gasteiger partial charge is 0.258 e. The van der Waals surface area contributed by atoms with Gasteiger partial charge in [-0.3, -0.25) is 14.9 Å². The van der Waals surface area contributed by atoms with E-state index >= 15 is 0 Å². The molecule has 1 aromatic heterocycles. The molecule has 1 fully saturated rings. The van der Waals surface area contributed by atoms with Gasteiger partial charge in [-0.25, -0.2) is 23.1 Å². The monoisotopic (exact) mass is 534 g/mol. The quantitative estimate of drug-likeness (QED) is 0.223. The van der Waals surface area contributed by atoms with Crippen molar-refractivity contribution >= 4 is 46.3 Å². The van der Waals surface area contributed by atoms with Crippen LogP contribution >= 0.6 is 22.9 Å². The van der Waals surface area contributed by atoms with E-state index in [0.29, 0.717) is 24.3 Å². The molecule has 36 heavy (non-hydrogen) atoms. The molecule has 1 heterocycles. The molecule has 0 unspecified atom stereocenters. The highest BCUT2D eigenvalue weighted by Crippen LogP contribution is 2.30. The van der Waals surface area contributed by atoms with Crippen molar-refractivity contribution in [3.63, 3.8) is 0 Å². The molecule has 4 rings (SSSR count). The Balaban J connectivity index is 1.46. The van der Waals surface area contributed by atoms with Gasteiger partial charge in [-0.2, -0.15) is 0 Å². The second-order valence-corrected chi connectivity index (χ2v) is 9.81. The minimum absolute atomic E-state index is 0.0220. The number of nitrogens with zero attached hydrogens (tertiary/aromatic N) is 2. The number of thiazole rings is 1. The number of hydrogen-bond donors (Lipinski definition) is 2. The summed E-state index contributed by atoms with van der Waals surface area (Å²) < 4.78 is 40.7. The van der Waals surface area contributed by atoms with Gasteiger partial charge in [0.05, 0.1) is 6.04 Å². The number of ketones is 1. The number of guanidine groups is 1. The highest BCUT2D eigenvalue weighted by atomic mass is 35.5. The first-order chi connectivity index (χ1) is 17.3. The van der Waals surface area contributed by atoms with Gasteiger partial charge in [0.1, 0.15) is 5.82 Å². The van der Waals surface area contributed by atoms with Crippen LogP contribution in [-0.2, 0) is 0 Å². The molecule has 0 radical (unpaired) electrons. The van der Waals surface area contributed by atoms with Crippen LogP contribution in [0, 0.1) is 23.4 Å². The molecule has 1 aliphatic carbocycles. The lowest BCUT2D eigenvalue weighted by Gasteiger charge is -2.26. The summed E-state index contributed by atoms with van der Waals surface area (Å²) in [5, 5.41) is 7.85. The lowest BCUT2D eigenvalue weighted by atomic mass is 9.83. The van der Waals surface area contributed by atoms with Crippen LogP contribution in [0.25, 0.3) is 0 Å². The molecule has 3 aromatic rings. The fourth-order valence-corrected chi connectivity index (χ4v) is 4.86. The van der Waals surface area contributed by atoms with Crippen LogP contribution in [-0.4, -0.2) is 28.7 Å². The first-order valence-electron chi connectivity index (χ1n) is 11.3. The minimum Gasteiger partial charge on any atom is -0.326 e. The maximum Gasteiger partial charge on any atom is 0.258 e. The molecular formula is C25H22ClF3N4O2S. The Morgan fingerprint density at radius 3 is 2.50 bits per heavy atom. The van der Waals surface area contributed by atoms with Crippen LogP contribution in [0.4, 0.5) is 18.9 Å². The van der Waals surface area contributed by atoms with Gasteiger partial charge in [0.25, 0.3) is 5.91 Å². The summed E-state index contributed by atoms with van der Waals surface area (Å²) in [5.74, 6) is -3.26. The van der Waals surface area contributed by atoms with Crippen molar-refractivity contribution in [1.29, 1.82) is 0 Å². The van der Waals surface area contributed by atoms with E-state index in [1.807, 2.05) is 0 Å². The van der Waals surface area contributed by atoms with Crippen molar-refractivity contribution in [3.8, 4) is 0 Å². The lowest BCUT2D eigenvalue weighted by Crippen LogP contribution is -2.37. The number of anilines is 1. The van der Waals surface area contributed by atoms with E-state index in [0.717, 1.165) is 37.1 Å². The van der Waals surface area contributed by atoms with Crippen LogP contribution in [0.2, 0.25) is 5.02 Å². The van der Waals surface area contributed by atoms with E-state index in [2.05, 4.69) is 20.6 Å². The minimum atomic E-state index is -1.16. The Morgan fingerprint density at radius 1 is 1.06 bits per heavy atom. The largest absolute Gasteiger partial charge is 0.326 e. The number of aromatic nitrogens is 1. The number of rotatable bonds is 6. The van der Waals surface area contributed by atoms with Gasteiger partial charge in [0.2, 0.25) is 5.96 Å². The standard InChI is InChI=1S/C25H22ClF3N4O2S/c26-16-11-17(27)13-19(12-16)32-25(33-23(35)15-3-6-20(28)21(29)10-15)31-18-4-1-14(2-5-18)9-22(34)24-30-7-8-36-24/h3,6-8,10-14,18H,1-2,4-5,9H2,(H2,31,32,33,35). The second kappa shape index (κ2) is 11.7. The van der Waals surface area contributed by atoms with Crippen LogP contribution in [0.1, 0.15) is 52.3 Å². The summed E-state index contributed by atoms with van der Waals surface area (Å²) in [6, 6.07) is 6.40. The number of hydrogen-bond acceptors (Lipinski definition) is 5. The molecule has 188 valence electrons. The third-order valence-corrected chi connectivity index (χ3v) is 6.84. The number of benzene rings is 2. The molecule has 2 aromatic carbocycles. The Labute approximate surface area is 214 Å². The summed E-state index contributed by atoms with van der Waals surface area (Å²) in [7, 11) is 0. The van der Waals surface area contributed by atoms with Gasteiger partial charge in [0, 0.05) is 34.3 Å². The normalized spacial score (nSPS) is 18.1. The van der Waals surface area contributed by atoms with E-state index < -0.39 is 23.4 Å². The van der Waals surface area contributed by atoms with Crippen LogP contribution < -0.4 is 10.6 Å². The first kappa shape index (κ1) is 25.8. The van der Waals surface area contributed by atoms with Gasteiger partial charge in [0.15, 0.2) is 22.4 Å². The third-order valence-electron chi connectivity index (χ3n) is 5.81. The van der Waals surface area contributed by atoms with Crippen molar-refractivity contribution in [3.05, 3.63) is 81.0 Å². The molecule has 0 aliphatic heterocycles. The number of aliphatic imine (C=N–C) groups is 1. The molecule has 0 saturated heterocycles. The van der Waals surface area contributed by atoms with E-state index in [9.17, 15) is 22.8 Å². The van der Waals surface area contributed by atoms with Crippen molar-refractivity contribution < 1.29 is 22.8 Å². The summed E-state index contributed by atoms with van der Waals surface area (Å²) >= 11 is 7.26. The van der Waals surface area contributed by atoms with Gasteiger partial charge in [-0.15, -0.1) is 11.3 Å². The topological polar surface area (TPSA) is 83.5 Å². The zero-order valence-corrected chi connectivity index (χ0v) is 20.5. The molecule has 11 heteroatoms. The van der Waals surface area contributed by atoms with Crippen molar-refractivity contribution in [2.45, 2.75) is 38.1 Å². The SMILES string of the molecule is O=C(NC(=NC1CCC(CC(=O)c2nccs2)CC1)Nc1cc(F)cc(Cl)c1)c1ccc(F)c(F)c1. The fourth-order valence-electron chi connectivity index (χ4n) is 4.05. The number of carbonyl (C=O) groups is 2. The van der Waals surface area contributed by atoms with Crippen LogP contribution in [0.15, 0.2) is 53.0 Å². The molecule has 1 amide bonds. The number of Topliss-reactive ketones (excluding diaryl/α,β-unsaturated/α-hetero) is 1. The summed E-state index contributed by atoms with van der Waals surface area (Å²) in [6.45, 7) is 0. The molecule has 0 atom stereocenters. The predicted molar refractivity (Wildman–Crippen MR) is 133 cm³/mol. The predicted octanol–water partition coefficient (Wildman–Crippen LogP) is 6.24. The van der Waals surface area contributed by atoms with Crippen LogP contribution in [0.3, 0.4) is 0 Å². The van der Waals surface area contributed by atoms with E-state index in [-0.39, 0.29) is 40.0 Å². The molecule has 0 bridgehead atoms. The maximum atomic E-state index is 13.8. The summed E-state index contributed by atoms with van der Waals surface area (Å²) in [5.41, 5.74) is 0.150. The molecule has 0 spiro atoms. The fraction of sp³-hybridized carbons (Fsp3) is 0.280. The molecular weight excluding hydrogens is 513 g/mol. The number of carbonyl (C=O) groups excluding carboxylic acids is 2. The van der Waals surface area contributed by atoms with Crippen molar-refractivity contribution in [2.75, 3.05) is 5.32 Å². The van der Waals surface area contributed by atoms with E-state index in [1.165, 1.54) is 23.5 Å². The van der Waals surface area contributed by atoms with Gasteiger partial charge in [-0.1, -0.05) is 11.6 Å². The van der Waals surface area contributed by atoms with E-state index in [4.69, 9.17) is 11.6 Å². The molecule has 2 N–H and O–H groups in total. The van der Waals surface area contributed by atoms with Crippen LogP contribution in [0.5, 0.6) is 0 Å².